The molecule has 6 nitrogen and oxygen atoms in total. The van der Waals surface area contributed by atoms with Gasteiger partial charge < -0.3 is 10.6 Å². The number of rotatable bonds is 7. The molecule has 2 amide bonds. The number of carbonyl (C=O) groups is 2. The Labute approximate surface area is 176 Å². The first kappa shape index (κ1) is 20.0. The van der Waals surface area contributed by atoms with E-state index in [0.29, 0.717) is 17.7 Å². The highest BCUT2D eigenvalue weighted by molar-refractivity contribution is 5.97. The number of aromatic nitrogens is 2. The van der Waals surface area contributed by atoms with Gasteiger partial charge in [0.05, 0.1) is 22.4 Å². The highest BCUT2D eigenvalue weighted by Crippen LogP contribution is 2.30. The van der Waals surface area contributed by atoms with E-state index in [4.69, 9.17) is 15.7 Å². The smallest absolute Gasteiger partial charge is 0.254 e. The van der Waals surface area contributed by atoms with Crippen molar-refractivity contribution in [3.05, 3.63) is 70.5 Å². The summed E-state index contributed by atoms with van der Waals surface area (Å²) in [6.45, 7) is 4.65. The summed E-state index contributed by atoms with van der Waals surface area (Å²) in [4.78, 5) is 36.0. The fourth-order valence-electron chi connectivity index (χ4n) is 3.72. The van der Waals surface area contributed by atoms with E-state index in [1.807, 2.05) is 35.2 Å². The van der Waals surface area contributed by atoms with Crippen molar-refractivity contribution in [1.82, 2.24) is 14.9 Å². The van der Waals surface area contributed by atoms with Crippen LogP contribution in [0.25, 0.3) is 11.0 Å². The van der Waals surface area contributed by atoms with Crippen molar-refractivity contribution >= 4 is 22.8 Å². The highest BCUT2D eigenvalue weighted by Gasteiger charge is 2.33. The van der Waals surface area contributed by atoms with E-state index < -0.39 is 5.91 Å². The summed E-state index contributed by atoms with van der Waals surface area (Å²) in [5, 5.41) is 0. The Bertz CT molecular complexity index is 1100. The van der Waals surface area contributed by atoms with Gasteiger partial charge >= 0.3 is 0 Å². The van der Waals surface area contributed by atoms with Crippen LogP contribution in [0.3, 0.4) is 0 Å². The second-order valence-electron chi connectivity index (χ2n) is 7.75. The van der Waals surface area contributed by atoms with E-state index in [1.54, 1.807) is 12.1 Å². The Hall–Kier alpha value is -3.28. The molecule has 1 fully saturated rings. The number of primary amides is 1. The van der Waals surface area contributed by atoms with Gasteiger partial charge in [0.15, 0.2) is 0 Å². The number of nitrogens with zero attached hydrogens (tertiary/aromatic N) is 3. The van der Waals surface area contributed by atoms with Crippen LogP contribution in [0.5, 0.6) is 0 Å². The van der Waals surface area contributed by atoms with Gasteiger partial charge in [0.2, 0.25) is 5.91 Å². The molecule has 1 heterocycles. The Morgan fingerprint density at radius 1 is 0.933 bits per heavy atom. The van der Waals surface area contributed by atoms with E-state index in [9.17, 15) is 9.59 Å². The van der Waals surface area contributed by atoms with E-state index in [1.165, 1.54) is 0 Å². The van der Waals surface area contributed by atoms with Crippen molar-refractivity contribution in [2.75, 3.05) is 0 Å². The van der Waals surface area contributed by atoms with Crippen molar-refractivity contribution in [2.45, 2.75) is 52.1 Å². The lowest BCUT2D eigenvalue weighted by Crippen LogP contribution is -2.32. The molecule has 1 aromatic heterocycles. The van der Waals surface area contributed by atoms with E-state index in [-0.39, 0.29) is 11.9 Å². The zero-order valence-electron chi connectivity index (χ0n) is 17.4. The molecule has 0 aliphatic heterocycles. The fourth-order valence-corrected chi connectivity index (χ4v) is 3.72. The molecule has 0 unspecified atom stereocenters. The van der Waals surface area contributed by atoms with Crippen LogP contribution in [0.2, 0.25) is 0 Å². The Kier molecular flexibility index (Phi) is 5.48. The van der Waals surface area contributed by atoms with Gasteiger partial charge in [-0.05, 0) is 61.6 Å². The summed E-state index contributed by atoms with van der Waals surface area (Å²) in [7, 11) is 0. The SMILES string of the molecule is CCc1nc2ccc(C(=O)N(Cc3ccc(C(N)=O)cc3)C3CC3)cc2nc1CC. The molecule has 30 heavy (non-hydrogen) atoms. The molecule has 0 spiro atoms. The second kappa shape index (κ2) is 8.22. The first-order valence-corrected chi connectivity index (χ1v) is 10.5. The quantitative estimate of drug-likeness (QED) is 0.653. The number of fused-ring (bicyclic) bond motifs is 1. The summed E-state index contributed by atoms with van der Waals surface area (Å²) in [5.41, 5.74) is 11.0. The maximum atomic E-state index is 13.3. The van der Waals surface area contributed by atoms with Crippen LogP contribution in [0.4, 0.5) is 0 Å². The standard InChI is InChI=1S/C24H26N4O2/c1-3-19-20(4-2)27-22-13-17(9-12-21(22)26-19)24(30)28(18-10-11-18)14-15-5-7-16(8-6-15)23(25)29/h5-9,12-13,18H,3-4,10-11,14H2,1-2H3,(H2,25,29). The van der Waals surface area contributed by atoms with Gasteiger partial charge in [-0.15, -0.1) is 0 Å². The molecular formula is C24H26N4O2. The number of amides is 2. The third-order valence-corrected chi connectivity index (χ3v) is 5.58. The predicted molar refractivity (Wildman–Crippen MR) is 116 cm³/mol. The summed E-state index contributed by atoms with van der Waals surface area (Å²) < 4.78 is 0. The van der Waals surface area contributed by atoms with Gasteiger partial charge in [0, 0.05) is 23.7 Å². The Morgan fingerprint density at radius 2 is 1.53 bits per heavy atom. The van der Waals surface area contributed by atoms with Gasteiger partial charge in [-0.1, -0.05) is 26.0 Å². The second-order valence-corrected chi connectivity index (χ2v) is 7.75. The molecule has 154 valence electrons. The van der Waals surface area contributed by atoms with Crippen LogP contribution in [-0.2, 0) is 19.4 Å². The molecular weight excluding hydrogens is 376 g/mol. The van der Waals surface area contributed by atoms with Gasteiger partial charge in [-0.2, -0.15) is 0 Å². The molecule has 4 rings (SSSR count). The molecule has 3 aromatic rings. The molecule has 0 bridgehead atoms. The Morgan fingerprint density at radius 3 is 2.10 bits per heavy atom. The van der Waals surface area contributed by atoms with E-state index >= 15 is 0 Å². The lowest BCUT2D eigenvalue weighted by molar-refractivity contribution is 0.0729. The van der Waals surface area contributed by atoms with Crippen LogP contribution in [0.15, 0.2) is 42.5 Å². The first-order chi connectivity index (χ1) is 14.5. The highest BCUT2D eigenvalue weighted by atomic mass is 16.2. The van der Waals surface area contributed by atoms with Crippen LogP contribution >= 0.6 is 0 Å². The summed E-state index contributed by atoms with van der Waals surface area (Å²) >= 11 is 0. The van der Waals surface area contributed by atoms with Crippen molar-refractivity contribution in [3.63, 3.8) is 0 Å². The third kappa shape index (κ3) is 4.03. The monoisotopic (exact) mass is 402 g/mol. The van der Waals surface area contributed by atoms with Gasteiger partial charge in [-0.3, -0.25) is 9.59 Å². The average Bonchev–Trinajstić information content (AvgIpc) is 3.61. The van der Waals surface area contributed by atoms with Crippen molar-refractivity contribution in [2.24, 2.45) is 5.73 Å². The normalized spacial score (nSPS) is 13.4. The van der Waals surface area contributed by atoms with E-state index in [0.717, 1.165) is 53.7 Å². The maximum absolute atomic E-state index is 13.3. The van der Waals surface area contributed by atoms with Crippen LogP contribution in [-0.4, -0.2) is 32.7 Å². The molecule has 2 aromatic carbocycles. The summed E-state index contributed by atoms with van der Waals surface area (Å²) in [6, 6.07) is 13.0. The number of hydrogen-bond acceptors (Lipinski definition) is 4. The number of aryl methyl sites for hydroxylation is 2. The molecule has 2 N–H and O–H groups in total. The topological polar surface area (TPSA) is 89.2 Å². The molecule has 1 aliphatic carbocycles. The van der Waals surface area contributed by atoms with Gasteiger partial charge in [0.25, 0.3) is 5.91 Å². The number of benzene rings is 2. The van der Waals surface area contributed by atoms with Crippen molar-refractivity contribution in [3.8, 4) is 0 Å². The molecule has 1 saturated carbocycles. The van der Waals surface area contributed by atoms with Crippen molar-refractivity contribution in [1.29, 1.82) is 0 Å². The molecule has 0 saturated heterocycles. The zero-order chi connectivity index (χ0) is 21.3. The number of nitrogens with two attached hydrogens (primary N) is 1. The number of hydrogen-bond donors (Lipinski definition) is 1. The Balaban J connectivity index is 1.61. The van der Waals surface area contributed by atoms with Gasteiger partial charge in [0.1, 0.15) is 0 Å². The molecule has 1 aliphatic rings. The first-order valence-electron chi connectivity index (χ1n) is 10.5. The minimum atomic E-state index is -0.452. The van der Waals surface area contributed by atoms with Crippen molar-refractivity contribution < 1.29 is 9.59 Å². The minimum Gasteiger partial charge on any atom is -0.366 e. The number of carbonyl (C=O) groups excluding carboxylic acids is 2. The van der Waals surface area contributed by atoms with Gasteiger partial charge in [-0.25, -0.2) is 9.97 Å². The third-order valence-electron chi connectivity index (χ3n) is 5.58. The molecule has 0 atom stereocenters. The largest absolute Gasteiger partial charge is 0.366 e. The van der Waals surface area contributed by atoms with Crippen LogP contribution < -0.4 is 5.73 Å². The maximum Gasteiger partial charge on any atom is 0.254 e. The predicted octanol–water partition coefficient (Wildman–Crippen LogP) is 3.66. The lowest BCUT2D eigenvalue weighted by atomic mass is 10.1. The lowest BCUT2D eigenvalue weighted by Gasteiger charge is -2.23. The van der Waals surface area contributed by atoms with Crippen LogP contribution in [0, 0.1) is 0 Å². The van der Waals surface area contributed by atoms with E-state index in [2.05, 4.69) is 13.8 Å². The zero-order valence-corrected chi connectivity index (χ0v) is 17.4. The fraction of sp³-hybridized carbons (Fsp3) is 0.333. The average molecular weight is 402 g/mol. The molecule has 6 heteroatoms. The summed E-state index contributed by atoms with van der Waals surface area (Å²) in [6.07, 6.45) is 3.69. The minimum absolute atomic E-state index is 0.00204. The molecule has 0 radical (unpaired) electrons. The summed E-state index contributed by atoms with van der Waals surface area (Å²) in [5.74, 6) is -0.454. The van der Waals surface area contributed by atoms with Crippen LogP contribution in [0.1, 0.15) is 64.4 Å².